The minimum absolute atomic E-state index is 0.104. The van der Waals surface area contributed by atoms with Crippen LogP contribution in [0.3, 0.4) is 0 Å². The van der Waals surface area contributed by atoms with Crippen molar-refractivity contribution in [1.29, 1.82) is 0 Å². The molecule has 0 aliphatic rings. The predicted octanol–water partition coefficient (Wildman–Crippen LogP) is 2.52. The summed E-state index contributed by atoms with van der Waals surface area (Å²) >= 11 is 7.04. The van der Waals surface area contributed by atoms with Gasteiger partial charge in [0.1, 0.15) is 0 Å². The summed E-state index contributed by atoms with van der Waals surface area (Å²) in [6.45, 7) is 2.21. The van der Waals surface area contributed by atoms with Crippen molar-refractivity contribution in [2.45, 2.75) is 18.6 Å². The lowest BCUT2D eigenvalue weighted by Gasteiger charge is -2.07. The van der Waals surface area contributed by atoms with Crippen molar-refractivity contribution in [2.24, 2.45) is 7.05 Å². The number of nitrogens with zero attached hydrogens (tertiary/aromatic N) is 6. The van der Waals surface area contributed by atoms with Gasteiger partial charge in [0.2, 0.25) is 11.1 Å². The molecule has 0 radical (unpaired) electrons. The molecule has 32 heavy (non-hydrogen) atoms. The number of hydrogen-bond donors (Lipinski definition) is 1. The van der Waals surface area contributed by atoms with Crippen LogP contribution in [0, 0.1) is 6.92 Å². The van der Waals surface area contributed by atoms with Crippen LogP contribution in [0.1, 0.15) is 11.3 Å². The number of benzene rings is 2. The van der Waals surface area contributed by atoms with Gasteiger partial charge in [-0.15, -0.1) is 5.10 Å². The summed E-state index contributed by atoms with van der Waals surface area (Å²) < 4.78 is 4.69. The molecule has 0 bridgehead atoms. The van der Waals surface area contributed by atoms with E-state index in [0.717, 1.165) is 23.0 Å². The summed E-state index contributed by atoms with van der Waals surface area (Å²) in [7, 11) is 1.80. The summed E-state index contributed by atoms with van der Waals surface area (Å²) in [4.78, 5) is 25.5. The normalized spacial score (nSPS) is 11.0. The molecule has 0 aliphatic heterocycles. The number of halogens is 1. The highest BCUT2D eigenvalue weighted by Crippen LogP contribution is 2.20. The van der Waals surface area contributed by atoms with Gasteiger partial charge in [0, 0.05) is 18.6 Å². The third-order valence-electron chi connectivity index (χ3n) is 4.91. The second-order valence-electron chi connectivity index (χ2n) is 6.98. The average molecular weight is 470 g/mol. The highest BCUT2D eigenvalue weighted by Gasteiger charge is 2.22. The van der Waals surface area contributed by atoms with Gasteiger partial charge < -0.3 is 5.32 Å². The van der Waals surface area contributed by atoms with Crippen LogP contribution < -0.4 is 10.9 Å². The quantitative estimate of drug-likeness (QED) is 0.417. The largest absolute Gasteiger partial charge is 0.351 e. The van der Waals surface area contributed by atoms with E-state index in [1.807, 2.05) is 49.4 Å². The standard InChI is InChI=1S/C21H20ClN7O2S/c1-14-19(20(31)29(27(14)2)17-6-4-3-5-7-17)28-21(24-25-26-28)32-13-18(30)23-12-15-8-10-16(22)11-9-15/h3-11H,12-13H2,1-2H3,(H,23,30). The van der Waals surface area contributed by atoms with E-state index in [2.05, 4.69) is 20.8 Å². The first-order valence-electron chi connectivity index (χ1n) is 9.72. The molecule has 0 fully saturated rings. The minimum Gasteiger partial charge on any atom is -0.351 e. The molecule has 9 nitrogen and oxygen atoms in total. The molecule has 0 aliphatic carbocycles. The molecular formula is C21H20ClN7O2S. The monoisotopic (exact) mass is 469 g/mol. The smallest absolute Gasteiger partial charge is 0.297 e. The number of rotatable bonds is 7. The number of nitrogens with one attached hydrogen (secondary N) is 1. The first kappa shape index (κ1) is 21.8. The van der Waals surface area contributed by atoms with Crippen molar-refractivity contribution < 1.29 is 4.79 Å². The molecule has 1 amide bonds. The molecule has 164 valence electrons. The Hall–Kier alpha value is -3.37. The van der Waals surface area contributed by atoms with E-state index < -0.39 is 0 Å². The number of tetrazole rings is 1. The van der Waals surface area contributed by atoms with Crippen LogP contribution in [-0.4, -0.2) is 41.2 Å². The van der Waals surface area contributed by atoms with Gasteiger partial charge in [0.25, 0.3) is 5.56 Å². The Morgan fingerprint density at radius 3 is 2.56 bits per heavy atom. The van der Waals surface area contributed by atoms with Crippen LogP contribution in [0.5, 0.6) is 0 Å². The highest BCUT2D eigenvalue weighted by atomic mass is 35.5. The molecule has 1 N–H and O–H groups in total. The number of amides is 1. The van der Waals surface area contributed by atoms with E-state index in [1.54, 1.807) is 28.5 Å². The van der Waals surface area contributed by atoms with Gasteiger partial charge in [-0.25, -0.2) is 4.68 Å². The molecule has 0 spiro atoms. The Morgan fingerprint density at radius 1 is 1.12 bits per heavy atom. The maximum absolute atomic E-state index is 13.2. The Bertz CT molecular complexity index is 1300. The first-order chi connectivity index (χ1) is 15.5. The third kappa shape index (κ3) is 4.46. The molecular weight excluding hydrogens is 450 g/mol. The van der Waals surface area contributed by atoms with E-state index in [1.165, 1.54) is 4.68 Å². The Balaban J connectivity index is 1.50. The van der Waals surface area contributed by atoms with Crippen LogP contribution >= 0.6 is 23.4 Å². The lowest BCUT2D eigenvalue weighted by atomic mass is 10.2. The fraction of sp³-hybridized carbons (Fsp3) is 0.190. The predicted molar refractivity (Wildman–Crippen MR) is 122 cm³/mol. The fourth-order valence-corrected chi connectivity index (χ4v) is 4.02. The number of hydrogen-bond acceptors (Lipinski definition) is 6. The summed E-state index contributed by atoms with van der Waals surface area (Å²) in [5.74, 6) is -0.0711. The second kappa shape index (κ2) is 9.41. The van der Waals surface area contributed by atoms with E-state index in [-0.39, 0.29) is 17.2 Å². The van der Waals surface area contributed by atoms with Crippen LogP contribution in [0.15, 0.2) is 64.5 Å². The van der Waals surface area contributed by atoms with Gasteiger partial charge in [0.05, 0.1) is 17.1 Å². The summed E-state index contributed by atoms with van der Waals surface area (Å²) in [6.07, 6.45) is 0. The summed E-state index contributed by atoms with van der Waals surface area (Å²) in [5, 5.41) is 15.6. The van der Waals surface area contributed by atoms with Crippen LogP contribution in [0.25, 0.3) is 11.4 Å². The van der Waals surface area contributed by atoms with E-state index in [0.29, 0.717) is 28.1 Å². The molecule has 11 heteroatoms. The number of aromatic nitrogens is 6. The number of carbonyl (C=O) groups is 1. The van der Waals surface area contributed by atoms with Crippen LogP contribution in [-0.2, 0) is 18.4 Å². The van der Waals surface area contributed by atoms with Crippen molar-refractivity contribution in [3.8, 4) is 11.4 Å². The first-order valence-corrected chi connectivity index (χ1v) is 11.1. The van der Waals surface area contributed by atoms with Gasteiger partial charge in [-0.05, 0) is 47.2 Å². The maximum atomic E-state index is 13.2. The minimum atomic E-state index is -0.252. The molecule has 2 aromatic carbocycles. The number of para-hydroxylation sites is 1. The maximum Gasteiger partial charge on any atom is 0.297 e. The lowest BCUT2D eigenvalue weighted by molar-refractivity contribution is -0.118. The van der Waals surface area contributed by atoms with E-state index in [9.17, 15) is 9.59 Å². The van der Waals surface area contributed by atoms with Crippen molar-refractivity contribution in [1.82, 2.24) is 34.9 Å². The number of thioether (sulfide) groups is 1. The zero-order chi connectivity index (χ0) is 22.7. The topological polar surface area (TPSA) is 99.6 Å². The fourth-order valence-electron chi connectivity index (χ4n) is 3.19. The molecule has 2 aromatic heterocycles. The summed E-state index contributed by atoms with van der Waals surface area (Å²) in [6, 6.07) is 16.6. The van der Waals surface area contributed by atoms with E-state index in [4.69, 9.17) is 11.6 Å². The van der Waals surface area contributed by atoms with Crippen molar-refractivity contribution >= 4 is 29.3 Å². The van der Waals surface area contributed by atoms with Crippen LogP contribution in [0.4, 0.5) is 0 Å². The zero-order valence-electron chi connectivity index (χ0n) is 17.4. The molecule has 0 saturated carbocycles. The number of carbonyl (C=O) groups excluding carboxylic acids is 1. The van der Waals surface area contributed by atoms with Gasteiger partial charge >= 0.3 is 0 Å². The average Bonchev–Trinajstić information content (AvgIpc) is 3.34. The summed E-state index contributed by atoms with van der Waals surface area (Å²) in [5.41, 5.74) is 2.46. The van der Waals surface area contributed by atoms with E-state index >= 15 is 0 Å². The molecule has 0 unspecified atom stereocenters. The highest BCUT2D eigenvalue weighted by molar-refractivity contribution is 7.99. The van der Waals surface area contributed by atoms with Gasteiger partial charge in [-0.3, -0.25) is 14.3 Å². The Kier molecular flexibility index (Phi) is 6.42. The third-order valence-corrected chi connectivity index (χ3v) is 6.08. The molecule has 4 aromatic rings. The SMILES string of the molecule is Cc1c(-n2nnnc2SCC(=O)NCc2ccc(Cl)cc2)c(=O)n(-c2ccccc2)n1C. The Labute approximate surface area is 193 Å². The van der Waals surface area contributed by atoms with Crippen LogP contribution in [0.2, 0.25) is 5.02 Å². The molecule has 0 atom stereocenters. The Morgan fingerprint density at radius 2 is 1.84 bits per heavy atom. The molecule has 0 saturated heterocycles. The van der Waals surface area contributed by atoms with Gasteiger partial charge in [0.15, 0.2) is 5.69 Å². The van der Waals surface area contributed by atoms with Crippen molar-refractivity contribution in [2.75, 3.05) is 5.75 Å². The zero-order valence-corrected chi connectivity index (χ0v) is 19.0. The van der Waals surface area contributed by atoms with Gasteiger partial charge in [-0.2, -0.15) is 4.68 Å². The van der Waals surface area contributed by atoms with Gasteiger partial charge in [-0.1, -0.05) is 53.7 Å². The molecule has 4 rings (SSSR count). The lowest BCUT2D eigenvalue weighted by Crippen LogP contribution is -2.25. The second-order valence-corrected chi connectivity index (χ2v) is 8.35. The van der Waals surface area contributed by atoms with Crippen molar-refractivity contribution in [3.05, 3.63) is 81.2 Å². The molecule has 2 heterocycles. The van der Waals surface area contributed by atoms with Crippen molar-refractivity contribution in [3.63, 3.8) is 0 Å².